The van der Waals surface area contributed by atoms with Crippen molar-refractivity contribution in [2.45, 2.75) is 43.3 Å². The molecule has 2 fully saturated rings. The third-order valence-corrected chi connectivity index (χ3v) is 7.00. The highest BCUT2D eigenvalue weighted by atomic mass is 32.2. The van der Waals surface area contributed by atoms with Gasteiger partial charge in [0.2, 0.25) is 0 Å². The molecule has 7 heteroatoms. The number of hydrogen-bond acceptors (Lipinski definition) is 4. The second-order valence-electron chi connectivity index (χ2n) is 6.26. The zero-order valence-electron chi connectivity index (χ0n) is 11.4. The first-order valence-electron chi connectivity index (χ1n) is 7.37. The molecule has 6 nitrogen and oxygen atoms in total. The summed E-state index contributed by atoms with van der Waals surface area (Å²) in [5.41, 5.74) is 6.10. The number of nitrogens with two attached hydrogens (primary N) is 1. The van der Waals surface area contributed by atoms with Crippen molar-refractivity contribution < 1.29 is 8.42 Å². The minimum Gasteiger partial charge on any atom is -0.327 e. The quantitative estimate of drug-likeness (QED) is 0.844. The minimum atomic E-state index is -3.41. The van der Waals surface area contributed by atoms with Gasteiger partial charge in [0, 0.05) is 32.1 Å². The molecule has 2 aliphatic heterocycles. The monoisotopic (exact) mass is 296 g/mol. The van der Waals surface area contributed by atoms with Crippen LogP contribution in [-0.2, 0) is 23.0 Å². The molecule has 1 aromatic rings. The smallest absolute Gasteiger partial charge is 0.260 e. The SMILES string of the molecule is NC1CCC2CN(S(=O)(=O)c3cnc4n3CCC4)CC12. The summed E-state index contributed by atoms with van der Waals surface area (Å²) in [5, 5.41) is 0.374. The maximum atomic E-state index is 12.8. The van der Waals surface area contributed by atoms with Gasteiger partial charge in [0.25, 0.3) is 10.0 Å². The fourth-order valence-corrected chi connectivity index (χ4v) is 5.71. The number of nitrogens with zero attached hydrogens (tertiary/aromatic N) is 3. The molecule has 0 aromatic carbocycles. The van der Waals surface area contributed by atoms with Gasteiger partial charge in [0.15, 0.2) is 5.03 Å². The standard InChI is InChI=1S/C13H20N4O2S/c14-11-4-3-9-7-16(8-10(9)11)20(18,19)13-6-15-12-2-1-5-17(12)13/h6,9-11H,1-5,7-8,14H2. The molecular weight excluding hydrogens is 276 g/mol. The average Bonchev–Trinajstić information content (AvgIpc) is 3.09. The highest BCUT2D eigenvalue weighted by Gasteiger charge is 2.46. The maximum Gasteiger partial charge on any atom is 0.260 e. The first-order valence-corrected chi connectivity index (χ1v) is 8.81. The van der Waals surface area contributed by atoms with Crippen molar-refractivity contribution in [2.24, 2.45) is 17.6 Å². The highest BCUT2D eigenvalue weighted by Crippen LogP contribution is 2.39. The van der Waals surface area contributed by atoms with E-state index in [1.807, 2.05) is 4.57 Å². The third kappa shape index (κ3) is 1.69. The lowest BCUT2D eigenvalue weighted by Gasteiger charge is -2.18. The second kappa shape index (κ2) is 4.29. The van der Waals surface area contributed by atoms with Crippen molar-refractivity contribution >= 4 is 10.0 Å². The lowest BCUT2D eigenvalue weighted by Crippen LogP contribution is -2.34. The summed E-state index contributed by atoms with van der Waals surface area (Å²) >= 11 is 0. The van der Waals surface area contributed by atoms with Crippen LogP contribution in [-0.4, -0.2) is 41.4 Å². The van der Waals surface area contributed by atoms with Gasteiger partial charge in [0.05, 0.1) is 6.20 Å². The Kier molecular flexibility index (Phi) is 2.74. The van der Waals surface area contributed by atoms with Crippen molar-refractivity contribution in [3.63, 3.8) is 0 Å². The molecular formula is C13H20N4O2S. The van der Waals surface area contributed by atoms with Crippen LogP contribution in [0, 0.1) is 11.8 Å². The summed E-state index contributed by atoms with van der Waals surface area (Å²) in [4.78, 5) is 4.25. The number of aryl methyl sites for hydroxylation is 1. The summed E-state index contributed by atoms with van der Waals surface area (Å²) in [7, 11) is -3.41. The van der Waals surface area contributed by atoms with Gasteiger partial charge in [-0.1, -0.05) is 0 Å². The fraction of sp³-hybridized carbons (Fsp3) is 0.769. The van der Waals surface area contributed by atoms with Crippen molar-refractivity contribution in [3.05, 3.63) is 12.0 Å². The Morgan fingerprint density at radius 3 is 2.95 bits per heavy atom. The molecule has 110 valence electrons. The third-order valence-electron chi connectivity index (χ3n) is 5.17. The van der Waals surface area contributed by atoms with Crippen LogP contribution in [0.4, 0.5) is 0 Å². The number of imidazole rings is 1. The second-order valence-corrected chi connectivity index (χ2v) is 8.14. The summed E-state index contributed by atoms with van der Waals surface area (Å²) < 4.78 is 29.1. The van der Waals surface area contributed by atoms with E-state index in [4.69, 9.17) is 5.73 Å². The maximum absolute atomic E-state index is 12.8. The van der Waals surface area contributed by atoms with Crippen LogP contribution in [0.2, 0.25) is 0 Å². The van der Waals surface area contributed by atoms with Crippen LogP contribution in [0.25, 0.3) is 0 Å². The molecule has 1 saturated heterocycles. The van der Waals surface area contributed by atoms with Crippen LogP contribution in [0.5, 0.6) is 0 Å². The Hall–Kier alpha value is -0.920. The molecule has 1 aromatic heterocycles. The Bertz CT molecular complexity index is 639. The van der Waals surface area contributed by atoms with E-state index in [1.54, 1.807) is 4.31 Å². The Morgan fingerprint density at radius 2 is 2.15 bits per heavy atom. The number of hydrogen-bond donors (Lipinski definition) is 1. The van der Waals surface area contributed by atoms with E-state index in [-0.39, 0.29) is 6.04 Å². The number of aromatic nitrogens is 2. The topological polar surface area (TPSA) is 81.2 Å². The molecule has 3 unspecified atom stereocenters. The molecule has 2 N–H and O–H groups in total. The van der Waals surface area contributed by atoms with Crippen molar-refractivity contribution in [3.8, 4) is 0 Å². The normalized spacial score (nSPS) is 33.5. The molecule has 3 atom stereocenters. The predicted octanol–water partition coefficient (Wildman–Crippen LogP) is 0.187. The molecule has 1 aliphatic carbocycles. The molecule has 0 bridgehead atoms. The van der Waals surface area contributed by atoms with E-state index in [9.17, 15) is 8.42 Å². The molecule has 1 saturated carbocycles. The van der Waals surface area contributed by atoms with Gasteiger partial charge >= 0.3 is 0 Å². The first kappa shape index (κ1) is 12.8. The Balaban J connectivity index is 1.65. The largest absolute Gasteiger partial charge is 0.327 e. The highest BCUT2D eigenvalue weighted by molar-refractivity contribution is 7.89. The van der Waals surface area contributed by atoms with Crippen molar-refractivity contribution in [2.75, 3.05) is 13.1 Å². The van der Waals surface area contributed by atoms with Crippen LogP contribution in [0.3, 0.4) is 0 Å². The van der Waals surface area contributed by atoms with Gasteiger partial charge < -0.3 is 10.3 Å². The Morgan fingerprint density at radius 1 is 1.30 bits per heavy atom. The van der Waals surface area contributed by atoms with E-state index >= 15 is 0 Å². The molecule has 3 heterocycles. The molecule has 4 rings (SSSR count). The van der Waals surface area contributed by atoms with Gasteiger partial charge in [-0.3, -0.25) is 0 Å². The molecule has 0 radical (unpaired) electrons. The molecule has 0 amide bonds. The lowest BCUT2D eigenvalue weighted by atomic mass is 9.98. The van der Waals surface area contributed by atoms with Gasteiger partial charge in [-0.25, -0.2) is 13.4 Å². The molecule has 3 aliphatic rings. The van der Waals surface area contributed by atoms with Crippen LogP contribution in [0.1, 0.15) is 25.1 Å². The van der Waals surface area contributed by atoms with Crippen molar-refractivity contribution in [1.82, 2.24) is 13.9 Å². The summed E-state index contributed by atoms with van der Waals surface area (Å²) in [6, 6.07) is 0.163. The van der Waals surface area contributed by atoms with Crippen molar-refractivity contribution in [1.29, 1.82) is 0 Å². The number of rotatable bonds is 2. The number of fused-ring (bicyclic) bond motifs is 2. The predicted molar refractivity (Wildman–Crippen MR) is 73.5 cm³/mol. The van der Waals surface area contributed by atoms with Crippen LogP contribution >= 0.6 is 0 Å². The fourth-order valence-electron chi connectivity index (χ4n) is 4.03. The van der Waals surface area contributed by atoms with E-state index in [2.05, 4.69) is 4.98 Å². The van der Waals surface area contributed by atoms with E-state index in [1.165, 1.54) is 6.20 Å². The number of sulfonamides is 1. The van der Waals surface area contributed by atoms with Crippen LogP contribution in [0.15, 0.2) is 11.2 Å². The van der Waals surface area contributed by atoms with E-state index in [0.717, 1.165) is 38.1 Å². The van der Waals surface area contributed by atoms with Gasteiger partial charge in [-0.15, -0.1) is 0 Å². The van der Waals surface area contributed by atoms with E-state index in [0.29, 0.717) is 30.0 Å². The van der Waals surface area contributed by atoms with Gasteiger partial charge in [0.1, 0.15) is 5.82 Å². The van der Waals surface area contributed by atoms with Crippen LogP contribution < -0.4 is 5.73 Å². The summed E-state index contributed by atoms with van der Waals surface area (Å²) in [6.45, 7) is 1.97. The summed E-state index contributed by atoms with van der Waals surface area (Å²) in [6.07, 6.45) is 5.49. The Labute approximate surface area is 119 Å². The zero-order valence-corrected chi connectivity index (χ0v) is 12.2. The molecule has 20 heavy (non-hydrogen) atoms. The lowest BCUT2D eigenvalue weighted by molar-refractivity contribution is 0.423. The van der Waals surface area contributed by atoms with Gasteiger partial charge in [-0.2, -0.15) is 4.31 Å². The van der Waals surface area contributed by atoms with E-state index < -0.39 is 10.0 Å². The average molecular weight is 296 g/mol. The van der Waals surface area contributed by atoms with Gasteiger partial charge in [-0.05, 0) is 31.1 Å². The zero-order chi connectivity index (χ0) is 13.9. The first-order chi connectivity index (χ1) is 9.57. The summed E-state index contributed by atoms with van der Waals surface area (Å²) in [5.74, 6) is 1.69. The molecule has 0 spiro atoms. The minimum absolute atomic E-state index is 0.163.